The van der Waals surface area contributed by atoms with Gasteiger partial charge in [-0.05, 0) is 31.0 Å². The first-order valence-electron chi connectivity index (χ1n) is 10.5. The van der Waals surface area contributed by atoms with E-state index in [9.17, 15) is 4.79 Å². The van der Waals surface area contributed by atoms with Crippen molar-refractivity contribution in [3.05, 3.63) is 46.8 Å². The number of carbonyl (C=O) groups excluding carboxylic acids is 1. The molecule has 152 valence electrons. The summed E-state index contributed by atoms with van der Waals surface area (Å²) in [7, 11) is 0. The number of hydrogen-bond donors (Lipinski definition) is 1. The second kappa shape index (κ2) is 7.30. The van der Waals surface area contributed by atoms with E-state index in [2.05, 4.69) is 57.1 Å². The lowest BCUT2D eigenvalue weighted by Gasteiger charge is -2.38. The van der Waals surface area contributed by atoms with Crippen LogP contribution in [0.4, 0.5) is 5.95 Å². The molecule has 2 atom stereocenters. The molecule has 1 aromatic carbocycles. The van der Waals surface area contributed by atoms with Crippen molar-refractivity contribution < 1.29 is 9.53 Å². The molecule has 1 fully saturated rings. The predicted molar refractivity (Wildman–Crippen MR) is 111 cm³/mol. The Labute approximate surface area is 171 Å². The van der Waals surface area contributed by atoms with E-state index in [1.54, 1.807) is 6.20 Å². The summed E-state index contributed by atoms with van der Waals surface area (Å²) < 4.78 is 5.94. The van der Waals surface area contributed by atoms with Gasteiger partial charge in [0.05, 0.1) is 11.3 Å². The maximum absolute atomic E-state index is 11.9. The van der Waals surface area contributed by atoms with Gasteiger partial charge in [-0.15, -0.1) is 0 Å². The van der Waals surface area contributed by atoms with E-state index in [-0.39, 0.29) is 12.0 Å². The molecular formula is C22H27N5O2. The molecule has 0 spiro atoms. The Morgan fingerprint density at radius 1 is 1.24 bits per heavy atom. The highest BCUT2D eigenvalue weighted by Gasteiger charge is 2.27. The molecule has 0 bridgehead atoms. The second-order valence-electron chi connectivity index (χ2n) is 8.24. The first-order valence-corrected chi connectivity index (χ1v) is 10.5. The highest BCUT2D eigenvalue weighted by atomic mass is 16.5. The van der Waals surface area contributed by atoms with E-state index >= 15 is 0 Å². The minimum atomic E-state index is -0.0656. The monoisotopic (exact) mass is 393 g/mol. The third-order valence-corrected chi connectivity index (χ3v) is 6.30. The van der Waals surface area contributed by atoms with E-state index in [0.29, 0.717) is 18.2 Å². The Bertz CT molecular complexity index is 939. The van der Waals surface area contributed by atoms with Gasteiger partial charge in [0.2, 0.25) is 5.95 Å². The number of carbonyl (C=O) groups is 1. The molecular weight excluding hydrogens is 366 g/mol. The minimum Gasteiger partial charge on any atom is -0.490 e. The van der Waals surface area contributed by atoms with E-state index in [0.717, 1.165) is 56.4 Å². The number of fused-ring (bicyclic) bond motifs is 2. The van der Waals surface area contributed by atoms with Crippen LogP contribution in [0.15, 0.2) is 24.4 Å². The molecule has 0 saturated carbocycles. The first-order chi connectivity index (χ1) is 14.1. The topological polar surface area (TPSA) is 70.6 Å². The van der Waals surface area contributed by atoms with E-state index in [1.807, 2.05) is 0 Å². The van der Waals surface area contributed by atoms with Crippen LogP contribution in [0.5, 0.6) is 5.75 Å². The number of benzene rings is 1. The predicted octanol–water partition coefficient (Wildman–Crippen LogP) is 1.97. The van der Waals surface area contributed by atoms with Crippen molar-refractivity contribution in [3.8, 4) is 5.75 Å². The van der Waals surface area contributed by atoms with Crippen molar-refractivity contribution in [1.82, 2.24) is 20.2 Å². The zero-order valence-electron chi connectivity index (χ0n) is 17.0. The largest absolute Gasteiger partial charge is 0.490 e. The molecule has 3 aliphatic rings. The van der Waals surface area contributed by atoms with Crippen molar-refractivity contribution in [2.45, 2.75) is 38.8 Å². The van der Waals surface area contributed by atoms with E-state index in [1.165, 1.54) is 11.1 Å². The van der Waals surface area contributed by atoms with Gasteiger partial charge in [-0.2, -0.15) is 0 Å². The number of nitrogens with zero attached hydrogens (tertiary/aromatic N) is 4. The van der Waals surface area contributed by atoms with Crippen molar-refractivity contribution in [2.75, 3.05) is 37.6 Å². The molecule has 7 nitrogen and oxygen atoms in total. The Morgan fingerprint density at radius 3 is 2.90 bits per heavy atom. The van der Waals surface area contributed by atoms with Gasteiger partial charge in [-0.25, -0.2) is 9.97 Å². The van der Waals surface area contributed by atoms with Crippen molar-refractivity contribution >= 4 is 11.9 Å². The molecule has 1 amide bonds. The standard InChI is InChI=1S/C22H27N5O2/c1-14-11-17-4-3-16(12-20(17)29-14)15(2)26-7-9-27(10-8-26)22-24-13-18-19(25-22)5-6-23-21(18)28/h3-4,12-15H,5-11H2,1-2H3,(H,23,28)/t14-,15+/m0/s1. The number of aromatic nitrogens is 2. The number of ether oxygens (including phenoxy) is 1. The molecule has 3 aliphatic heterocycles. The van der Waals surface area contributed by atoms with Crippen LogP contribution in [0.1, 0.15) is 47.1 Å². The van der Waals surface area contributed by atoms with E-state index < -0.39 is 0 Å². The van der Waals surface area contributed by atoms with Crippen LogP contribution in [0.3, 0.4) is 0 Å². The number of hydrogen-bond acceptors (Lipinski definition) is 6. The van der Waals surface area contributed by atoms with Crippen molar-refractivity contribution in [1.29, 1.82) is 0 Å². The summed E-state index contributed by atoms with van der Waals surface area (Å²) in [6, 6.07) is 7.02. The molecule has 0 unspecified atom stereocenters. The highest BCUT2D eigenvalue weighted by molar-refractivity contribution is 5.96. The van der Waals surface area contributed by atoms with Crippen molar-refractivity contribution in [3.63, 3.8) is 0 Å². The number of piperazine rings is 1. The van der Waals surface area contributed by atoms with Crippen LogP contribution in [0.25, 0.3) is 0 Å². The average Bonchev–Trinajstić information content (AvgIpc) is 3.12. The maximum Gasteiger partial charge on any atom is 0.254 e. The summed E-state index contributed by atoms with van der Waals surface area (Å²) in [6.07, 6.45) is 3.73. The van der Waals surface area contributed by atoms with Gasteiger partial charge in [-0.1, -0.05) is 12.1 Å². The van der Waals surface area contributed by atoms with Gasteiger partial charge >= 0.3 is 0 Å². The zero-order chi connectivity index (χ0) is 20.0. The zero-order valence-corrected chi connectivity index (χ0v) is 17.0. The maximum atomic E-state index is 11.9. The Balaban J connectivity index is 1.25. The summed E-state index contributed by atoms with van der Waals surface area (Å²) in [4.78, 5) is 25.8. The summed E-state index contributed by atoms with van der Waals surface area (Å²) in [6.45, 7) is 8.71. The van der Waals surface area contributed by atoms with Crippen LogP contribution < -0.4 is 15.0 Å². The van der Waals surface area contributed by atoms with Gasteiger partial charge in [0, 0.05) is 57.8 Å². The third kappa shape index (κ3) is 3.44. The van der Waals surface area contributed by atoms with Gasteiger partial charge in [0.25, 0.3) is 5.91 Å². The molecule has 7 heteroatoms. The molecule has 4 heterocycles. The normalized spacial score (nSPS) is 22.5. The molecule has 1 aromatic heterocycles. The summed E-state index contributed by atoms with van der Waals surface area (Å²) in [5.41, 5.74) is 4.10. The van der Waals surface area contributed by atoms with Crippen LogP contribution in [0, 0.1) is 0 Å². The lowest BCUT2D eigenvalue weighted by atomic mass is 10.0. The summed E-state index contributed by atoms with van der Waals surface area (Å²) in [5.74, 6) is 1.72. The number of nitrogens with one attached hydrogen (secondary N) is 1. The molecule has 2 aromatic rings. The van der Waals surface area contributed by atoms with Gasteiger partial charge in [0.15, 0.2) is 0 Å². The van der Waals surface area contributed by atoms with Crippen molar-refractivity contribution in [2.24, 2.45) is 0 Å². The quantitative estimate of drug-likeness (QED) is 0.860. The Kier molecular flexibility index (Phi) is 4.62. The van der Waals surface area contributed by atoms with Crippen LogP contribution in [0.2, 0.25) is 0 Å². The lowest BCUT2D eigenvalue weighted by molar-refractivity contribution is 0.0944. The highest BCUT2D eigenvalue weighted by Crippen LogP contribution is 2.33. The average molecular weight is 393 g/mol. The van der Waals surface area contributed by atoms with Gasteiger partial charge < -0.3 is 15.0 Å². The Hall–Kier alpha value is -2.67. The summed E-state index contributed by atoms with van der Waals surface area (Å²) >= 11 is 0. The fourth-order valence-corrected chi connectivity index (χ4v) is 4.53. The molecule has 29 heavy (non-hydrogen) atoms. The van der Waals surface area contributed by atoms with E-state index in [4.69, 9.17) is 4.74 Å². The molecule has 5 rings (SSSR count). The smallest absolute Gasteiger partial charge is 0.254 e. The second-order valence-corrected chi connectivity index (χ2v) is 8.24. The van der Waals surface area contributed by atoms with Crippen LogP contribution in [-0.4, -0.2) is 59.6 Å². The lowest BCUT2D eigenvalue weighted by Crippen LogP contribution is -2.48. The minimum absolute atomic E-state index is 0.0656. The fourth-order valence-electron chi connectivity index (χ4n) is 4.53. The molecule has 0 radical (unpaired) electrons. The van der Waals surface area contributed by atoms with Crippen LogP contribution >= 0.6 is 0 Å². The Morgan fingerprint density at radius 2 is 2.07 bits per heavy atom. The molecule has 0 aliphatic carbocycles. The number of rotatable bonds is 3. The van der Waals surface area contributed by atoms with Gasteiger partial charge in [0.1, 0.15) is 11.9 Å². The fraction of sp³-hybridized carbons (Fsp3) is 0.500. The van der Waals surface area contributed by atoms with Crippen LogP contribution in [-0.2, 0) is 12.8 Å². The number of amides is 1. The summed E-state index contributed by atoms with van der Waals surface area (Å²) in [5, 5.41) is 2.84. The first kappa shape index (κ1) is 18.4. The molecule has 1 N–H and O–H groups in total. The molecule has 1 saturated heterocycles. The number of anilines is 1. The van der Waals surface area contributed by atoms with Gasteiger partial charge in [-0.3, -0.25) is 9.69 Å². The SMILES string of the molecule is C[C@H](c1ccc2c(c1)O[C@@H](C)C2)N1CCN(c2ncc3c(n2)CCNC3=O)CC1. The third-order valence-electron chi connectivity index (χ3n) is 6.30.